The Morgan fingerprint density at radius 2 is 1.79 bits per heavy atom. The van der Waals surface area contributed by atoms with Gasteiger partial charge in [0, 0.05) is 10.6 Å². The number of sulfone groups is 1. The molecule has 0 bridgehead atoms. The van der Waals surface area contributed by atoms with Crippen molar-refractivity contribution in [3.05, 3.63) is 59.1 Å². The molecule has 3 aromatic rings. The molecule has 0 fully saturated rings. The Morgan fingerprint density at radius 1 is 1.08 bits per heavy atom. The molecule has 0 saturated heterocycles. The second kappa shape index (κ2) is 6.70. The fraction of sp³-hybridized carbons (Fsp3) is 0.188. The number of aryl methyl sites for hydroxylation is 2. The summed E-state index contributed by atoms with van der Waals surface area (Å²) in [5.74, 6) is 0.370. The predicted molar refractivity (Wildman–Crippen MR) is 91.5 cm³/mol. The maximum absolute atomic E-state index is 12.3. The van der Waals surface area contributed by atoms with Crippen molar-refractivity contribution in [3.63, 3.8) is 0 Å². The molecular formula is C16H15ClN4O2S. The first-order chi connectivity index (χ1) is 11.5. The molecule has 0 atom stereocenters. The minimum Gasteiger partial charge on any atom is -0.224 e. The first-order valence-corrected chi connectivity index (χ1v) is 9.31. The molecular weight excluding hydrogens is 348 g/mol. The highest BCUT2D eigenvalue weighted by atomic mass is 35.5. The molecule has 1 heterocycles. The zero-order valence-corrected chi connectivity index (χ0v) is 14.5. The lowest BCUT2D eigenvalue weighted by atomic mass is 10.1. The maximum Gasteiger partial charge on any atom is 0.205 e. The standard InChI is InChI=1S/C16H15ClN4O2S/c1-12-4-2-3-5-15(12)16-18-20-21(19-16)10-11-24(22,23)14-8-6-13(17)7-9-14/h2-9H,10-11H2,1H3. The number of halogens is 1. The van der Waals surface area contributed by atoms with E-state index in [4.69, 9.17) is 11.6 Å². The molecule has 0 radical (unpaired) electrons. The molecule has 2 aromatic carbocycles. The van der Waals surface area contributed by atoms with E-state index in [-0.39, 0.29) is 17.2 Å². The summed E-state index contributed by atoms with van der Waals surface area (Å²) < 4.78 is 24.6. The van der Waals surface area contributed by atoms with Crippen molar-refractivity contribution in [2.24, 2.45) is 0 Å². The van der Waals surface area contributed by atoms with Crippen molar-refractivity contribution in [2.45, 2.75) is 18.4 Å². The molecule has 0 aliphatic rings. The van der Waals surface area contributed by atoms with Crippen LogP contribution in [0.5, 0.6) is 0 Å². The van der Waals surface area contributed by atoms with E-state index >= 15 is 0 Å². The van der Waals surface area contributed by atoms with Crippen molar-refractivity contribution in [1.82, 2.24) is 20.2 Å². The molecule has 1 aromatic heterocycles. The Bertz CT molecular complexity index is 952. The highest BCUT2D eigenvalue weighted by Crippen LogP contribution is 2.18. The molecule has 0 amide bonds. The van der Waals surface area contributed by atoms with Gasteiger partial charge in [0.2, 0.25) is 5.82 Å². The van der Waals surface area contributed by atoms with E-state index in [2.05, 4.69) is 15.4 Å². The van der Waals surface area contributed by atoms with Gasteiger partial charge in [0.25, 0.3) is 0 Å². The van der Waals surface area contributed by atoms with E-state index in [1.165, 1.54) is 16.9 Å². The third-order valence-corrected chi connectivity index (χ3v) is 5.53. The van der Waals surface area contributed by atoms with Crippen molar-refractivity contribution in [3.8, 4) is 11.4 Å². The number of hydrogen-bond acceptors (Lipinski definition) is 5. The van der Waals surface area contributed by atoms with E-state index in [0.717, 1.165) is 11.1 Å². The van der Waals surface area contributed by atoms with Crippen LogP contribution in [0.3, 0.4) is 0 Å². The number of benzene rings is 2. The van der Waals surface area contributed by atoms with Crippen molar-refractivity contribution >= 4 is 21.4 Å². The van der Waals surface area contributed by atoms with Gasteiger partial charge in [0.15, 0.2) is 9.84 Å². The average molecular weight is 363 g/mol. The lowest BCUT2D eigenvalue weighted by Crippen LogP contribution is -2.15. The molecule has 0 unspecified atom stereocenters. The number of rotatable bonds is 5. The minimum atomic E-state index is -3.43. The number of hydrogen-bond donors (Lipinski definition) is 0. The van der Waals surface area contributed by atoms with Gasteiger partial charge >= 0.3 is 0 Å². The monoisotopic (exact) mass is 362 g/mol. The Balaban J connectivity index is 1.74. The molecule has 24 heavy (non-hydrogen) atoms. The summed E-state index contributed by atoms with van der Waals surface area (Å²) in [6.45, 7) is 2.09. The highest BCUT2D eigenvalue weighted by Gasteiger charge is 2.16. The van der Waals surface area contributed by atoms with Crippen molar-refractivity contribution in [2.75, 3.05) is 5.75 Å². The fourth-order valence-corrected chi connectivity index (χ4v) is 3.55. The molecule has 0 aliphatic heterocycles. The van der Waals surface area contributed by atoms with Crippen LogP contribution in [0.4, 0.5) is 0 Å². The van der Waals surface area contributed by atoms with Crippen LogP contribution >= 0.6 is 11.6 Å². The summed E-state index contributed by atoms with van der Waals surface area (Å²) in [4.78, 5) is 1.53. The molecule has 0 spiro atoms. The summed E-state index contributed by atoms with van der Waals surface area (Å²) in [7, 11) is -3.43. The number of tetrazole rings is 1. The van der Waals surface area contributed by atoms with Gasteiger partial charge in [-0.3, -0.25) is 0 Å². The van der Waals surface area contributed by atoms with Gasteiger partial charge in [0.05, 0.1) is 17.2 Å². The summed E-state index contributed by atoms with van der Waals surface area (Å²) >= 11 is 5.78. The van der Waals surface area contributed by atoms with Crippen LogP contribution in [0.25, 0.3) is 11.4 Å². The van der Waals surface area contributed by atoms with E-state index in [0.29, 0.717) is 10.8 Å². The Morgan fingerprint density at radius 3 is 2.50 bits per heavy atom. The quantitative estimate of drug-likeness (QED) is 0.697. The van der Waals surface area contributed by atoms with Gasteiger partial charge in [-0.15, -0.1) is 10.2 Å². The van der Waals surface area contributed by atoms with Gasteiger partial charge < -0.3 is 0 Å². The van der Waals surface area contributed by atoms with Crippen LogP contribution in [-0.4, -0.2) is 34.4 Å². The van der Waals surface area contributed by atoms with Crippen LogP contribution in [-0.2, 0) is 16.4 Å². The molecule has 0 N–H and O–H groups in total. The van der Waals surface area contributed by atoms with Crippen molar-refractivity contribution < 1.29 is 8.42 Å². The van der Waals surface area contributed by atoms with Gasteiger partial charge in [-0.05, 0) is 42.0 Å². The minimum absolute atomic E-state index is 0.113. The van der Waals surface area contributed by atoms with E-state index < -0.39 is 9.84 Å². The van der Waals surface area contributed by atoms with Crippen LogP contribution in [0.2, 0.25) is 5.02 Å². The Labute approximate surface area is 145 Å². The van der Waals surface area contributed by atoms with Gasteiger partial charge in [-0.2, -0.15) is 4.80 Å². The summed E-state index contributed by atoms with van der Waals surface area (Å²) in [5.41, 5.74) is 1.91. The van der Waals surface area contributed by atoms with Crippen LogP contribution in [0, 0.1) is 6.92 Å². The van der Waals surface area contributed by atoms with Crippen LogP contribution in [0.1, 0.15) is 5.56 Å². The zero-order valence-electron chi connectivity index (χ0n) is 12.9. The Hall–Kier alpha value is -2.25. The number of aromatic nitrogens is 4. The van der Waals surface area contributed by atoms with E-state index in [1.54, 1.807) is 12.1 Å². The fourth-order valence-electron chi connectivity index (χ4n) is 2.23. The Kier molecular flexibility index (Phi) is 4.64. The predicted octanol–water partition coefficient (Wildman–Crippen LogP) is 2.78. The van der Waals surface area contributed by atoms with E-state index in [9.17, 15) is 8.42 Å². The largest absolute Gasteiger partial charge is 0.224 e. The smallest absolute Gasteiger partial charge is 0.205 e. The normalized spacial score (nSPS) is 11.6. The zero-order chi connectivity index (χ0) is 17.2. The molecule has 0 saturated carbocycles. The second-order valence-electron chi connectivity index (χ2n) is 5.30. The second-order valence-corrected chi connectivity index (χ2v) is 7.84. The first-order valence-electron chi connectivity index (χ1n) is 7.28. The van der Waals surface area contributed by atoms with Crippen LogP contribution in [0.15, 0.2) is 53.4 Å². The molecule has 0 aliphatic carbocycles. The summed E-state index contributed by atoms with van der Waals surface area (Å²) in [6, 6.07) is 13.8. The SMILES string of the molecule is Cc1ccccc1-c1nnn(CCS(=O)(=O)c2ccc(Cl)cc2)n1. The molecule has 124 valence electrons. The van der Waals surface area contributed by atoms with Gasteiger partial charge in [-0.1, -0.05) is 35.9 Å². The number of nitrogens with zero attached hydrogens (tertiary/aromatic N) is 4. The maximum atomic E-state index is 12.3. The topological polar surface area (TPSA) is 77.7 Å². The lowest BCUT2D eigenvalue weighted by Gasteiger charge is -2.04. The third kappa shape index (κ3) is 3.63. The van der Waals surface area contributed by atoms with E-state index in [1.807, 2.05) is 31.2 Å². The highest BCUT2D eigenvalue weighted by molar-refractivity contribution is 7.91. The molecule has 3 rings (SSSR count). The van der Waals surface area contributed by atoms with Gasteiger partial charge in [0.1, 0.15) is 0 Å². The van der Waals surface area contributed by atoms with Crippen LogP contribution < -0.4 is 0 Å². The van der Waals surface area contributed by atoms with Gasteiger partial charge in [-0.25, -0.2) is 8.42 Å². The average Bonchev–Trinajstić information content (AvgIpc) is 3.03. The first kappa shape index (κ1) is 16.6. The molecule has 6 nitrogen and oxygen atoms in total. The van der Waals surface area contributed by atoms with Crippen molar-refractivity contribution in [1.29, 1.82) is 0 Å². The summed E-state index contributed by atoms with van der Waals surface area (Å²) in [6.07, 6.45) is 0. The third-order valence-electron chi connectivity index (χ3n) is 3.57. The summed E-state index contributed by atoms with van der Waals surface area (Å²) in [5, 5.41) is 12.7. The molecule has 8 heteroatoms. The lowest BCUT2D eigenvalue weighted by molar-refractivity contribution is 0.538.